The Morgan fingerprint density at radius 2 is 2.27 bits per heavy atom. The van der Waals surface area contributed by atoms with Crippen LogP contribution in [0.25, 0.3) is 20.7 Å². The van der Waals surface area contributed by atoms with Crippen LogP contribution in [0.3, 0.4) is 0 Å². The maximum atomic E-state index is 12.8. The molecule has 1 unspecified atom stereocenters. The van der Waals surface area contributed by atoms with E-state index < -0.39 is 0 Å². The van der Waals surface area contributed by atoms with Crippen molar-refractivity contribution in [2.24, 2.45) is 0 Å². The number of aromatic nitrogens is 5. The SMILES string of the molecule is Cc1ccc(-c2csc3nc(CSc4n[nH]c(=O)n4CC4CCCO4)[nH]c(=O)c23)s1. The fourth-order valence-electron chi connectivity index (χ4n) is 3.52. The van der Waals surface area contributed by atoms with Gasteiger partial charge in [0, 0.05) is 27.3 Å². The first kappa shape index (κ1) is 19.7. The molecule has 5 rings (SSSR count). The second-order valence-electron chi connectivity index (χ2n) is 7.10. The Morgan fingerprint density at radius 1 is 1.37 bits per heavy atom. The third-order valence-corrected chi connectivity index (χ3v) is 7.86. The average molecular weight is 462 g/mol. The number of H-pyrrole nitrogens is 2. The molecule has 0 aromatic carbocycles. The maximum Gasteiger partial charge on any atom is 0.344 e. The van der Waals surface area contributed by atoms with Crippen LogP contribution in [-0.2, 0) is 17.0 Å². The van der Waals surface area contributed by atoms with E-state index in [0.29, 0.717) is 33.5 Å². The molecule has 4 aromatic heterocycles. The van der Waals surface area contributed by atoms with Crippen molar-refractivity contribution in [2.75, 3.05) is 6.61 Å². The normalized spacial score (nSPS) is 16.6. The van der Waals surface area contributed by atoms with Gasteiger partial charge in [-0.2, -0.15) is 0 Å². The van der Waals surface area contributed by atoms with Crippen LogP contribution < -0.4 is 11.2 Å². The Morgan fingerprint density at radius 3 is 3.03 bits per heavy atom. The van der Waals surface area contributed by atoms with Gasteiger partial charge in [-0.1, -0.05) is 11.8 Å². The first-order valence-electron chi connectivity index (χ1n) is 9.55. The van der Waals surface area contributed by atoms with Gasteiger partial charge in [-0.3, -0.25) is 9.36 Å². The Labute approximate surface area is 183 Å². The van der Waals surface area contributed by atoms with Gasteiger partial charge in [-0.15, -0.1) is 27.8 Å². The number of nitrogens with one attached hydrogen (secondary N) is 2. The smallest absolute Gasteiger partial charge is 0.344 e. The van der Waals surface area contributed by atoms with E-state index in [-0.39, 0.29) is 17.4 Å². The Hall–Kier alpha value is -2.21. The summed E-state index contributed by atoms with van der Waals surface area (Å²) in [6, 6.07) is 4.09. The van der Waals surface area contributed by atoms with Gasteiger partial charge in [0.2, 0.25) is 0 Å². The molecule has 1 atom stereocenters. The van der Waals surface area contributed by atoms with Crippen LogP contribution in [0.15, 0.2) is 32.3 Å². The number of hydrogen-bond acceptors (Lipinski definition) is 8. The molecule has 0 radical (unpaired) electrons. The van der Waals surface area contributed by atoms with Crippen molar-refractivity contribution in [1.82, 2.24) is 24.7 Å². The molecule has 0 spiro atoms. The van der Waals surface area contributed by atoms with E-state index in [0.717, 1.165) is 29.9 Å². The van der Waals surface area contributed by atoms with E-state index in [9.17, 15) is 9.59 Å². The number of aromatic amines is 2. The maximum absolute atomic E-state index is 12.8. The summed E-state index contributed by atoms with van der Waals surface area (Å²) in [5.41, 5.74) is 0.537. The predicted octanol–water partition coefficient (Wildman–Crippen LogP) is 3.38. The summed E-state index contributed by atoms with van der Waals surface area (Å²) in [7, 11) is 0. The van der Waals surface area contributed by atoms with Gasteiger partial charge in [0.15, 0.2) is 5.16 Å². The number of thiophene rings is 2. The molecule has 5 heterocycles. The Kier molecular flexibility index (Phi) is 5.35. The summed E-state index contributed by atoms with van der Waals surface area (Å²) in [6.45, 7) is 3.27. The molecule has 4 aromatic rings. The molecule has 2 N–H and O–H groups in total. The average Bonchev–Trinajstić information content (AvgIpc) is 3.50. The van der Waals surface area contributed by atoms with Crippen molar-refractivity contribution in [3.8, 4) is 10.4 Å². The van der Waals surface area contributed by atoms with Crippen molar-refractivity contribution in [1.29, 1.82) is 0 Å². The van der Waals surface area contributed by atoms with Gasteiger partial charge < -0.3 is 9.72 Å². The van der Waals surface area contributed by atoms with Gasteiger partial charge >= 0.3 is 5.69 Å². The van der Waals surface area contributed by atoms with Gasteiger partial charge in [0.1, 0.15) is 10.7 Å². The zero-order valence-electron chi connectivity index (χ0n) is 16.1. The van der Waals surface area contributed by atoms with Crippen LogP contribution >= 0.6 is 34.4 Å². The highest BCUT2D eigenvalue weighted by atomic mass is 32.2. The van der Waals surface area contributed by atoms with Crippen LogP contribution in [0.2, 0.25) is 0 Å². The van der Waals surface area contributed by atoms with Crippen molar-refractivity contribution in [3.05, 3.63) is 49.1 Å². The van der Waals surface area contributed by atoms with E-state index >= 15 is 0 Å². The zero-order valence-corrected chi connectivity index (χ0v) is 18.6. The highest BCUT2D eigenvalue weighted by Crippen LogP contribution is 2.35. The number of fused-ring (bicyclic) bond motifs is 1. The lowest BCUT2D eigenvalue weighted by molar-refractivity contribution is 0.0941. The molecular formula is C19H19N5O3S3. The first-order chi connectivity index (χ1) is 14.6. The second-order valence-corrected chi connectivity index (χ2v) is 10.2. The van der Waals surface area contributed by atoms with Crippen LogP contribution in [0.1, 0.15) is 23.5 Å². The van der Waals surface area contributed by atoms with Gasteiger partial charge in [-0.05, 0) is 31.9 Å². The summed E-state index contributed by atoms with van der Waals surface area (Å²) in [5, 5.41) is 9.81. The monoisotopic (exact) mass is 461 g/mol. The van der Waals surface area contributed by atoms with Crippen molar-refractivity contribution >= 4 is 44.7 Å². The molecule has 0 saturated carbocycles. The number of aryl methyl sites for hydroxylation is 1. The zero-order chi connectivity index (χ0) is 20.7. The molecule has 1 fully saturated rings. The van der Waals surface area contributed by atoms with Crippen molar-refractivity contribution in [3.63, 3.8) is 0 Å². The standard InChI is InChI=1S/C19H19N5O3S3/c1-10-4-5-13(30-10)12-8-28-17-15(12)16(25)20-14(21-17)9-29-19-23-22-18(26)24(19)7-11-3-2-6-27-11/h4-5,8,11H,2-3,6-7,9H2,1H3,(H,22,26)(H,20,21,25). The highest BCUT2D eigenvalue weighted by molar-refractivity contribution is 7.98. The molecule has 30 heavy (non-hydrogen) atoms. The van der Waals surface area contributed by atoms with Gasteiger partial charge in [0.05, 0.1) is 23.8 Å². The fraction of sp³-hybridized carbons (Fsp3) is 0.368. The number of nitrogens with zero attached hydrogens (tertiary/aromatic N) is 3. The quantitative estimate of drug-likeness (QED) is 0.427. The third-order valence-electron chi connectivity index (χ3n) is 4.97. The fourth-order valence-corrected chi connectivity index (χ4v) is 6.27. The third kappa shape index (κ3) is 3.78. The minimum absolute atomic E-state index is 0.0411. The van der Waals surface area contributed by atoms with Crippen molar-refractivity contribution < 1.29 is 4.74 Å². The molecule has 1 aliphatic rings. The number of hydrogen-bond donors (Lipinski definition) is 2. The summed E-state index contributed by atoms with van der Waals surface area (Å²) in [4.78, 5) is 35.4. The van der Waals surface area contributed by atoms with E-state index in [4.69, 9.17) is 4.74 Å². The molecular weight excluding hydrogens is 442 g/mol. The number of thioether (sulfide) groups is 1. The summed E-state index contributed by atoms with van der Waals surface area (Å²) in [6.07, 6.45) is 2.00. The minimum Gasteiger partial charge on any atom is -0.376 e. The van der Waals surface area contributed by atoms with Crippen LogP contribution in [-0.4, -0.2) is 37.4 Å². The Balaban J connectivity index is 1.38. The Bertz CT molecular complexity index is 1310. The van der Waals surface area contributed by atoms with E-state index in [2.05, 4.69) is 26.2 Å². The summed E-state index contributed by atoms with van der Waals surface area (Å²) >= 11 is 4.50. The van der Waals surface area contributed by atoms with Crippen LogP contribution in [0.4, 0.5) is 0 Å². The van der Waals surface area contributed by atoms with Crippen LogP contribution in [0.5, 0.6) is 0 Å². The molecule has 156 valence electrons. The summed E-state index contributed by atoms with van der Waals surface area (Å²) < 4.78 is 7.23. The topological polar surface area (TPSA) is 106 Å². The second kappa shape index (κ2) is 8.14. The highest BCUT2D eigenvalue weighted by Gasteiger charge is 2.20. The van der Waals surface area contributed by atoms with Gasteiger partial charge in [0.25, 0.3) is 5.56 Å². The van der Waals surface area contributed by atoms with Crippen molar-refractivity contribution in [2.45, 2.75) is 43.3 Å². The molecule has 11 heteroatoms. The lowest BCUT2D eigenvalue weighted by Gasteiger charge is -2.10. The largest absolute Gasteiger partial charge is 0.376 e. The lowest BCUT2D eigenvalue weighted by atomic mass is 10.2. The predicted molar refractivity (Wildman–Crippen MR) is 120 cm³/mol. The molecule has 0 aliphatic carbocycles. The van der Waals surface area contributed by atoms with Gasteiger partial charge in [-0.25, -0.2) is 14.9 Å². The number of ether oxygens (including phenoxy) is 1. The number of rotatable bonds is 6. The molecule has 0 bridgehead atoms. The minimum atomic E-state index is -0.251. The molecule has 1 saturated heterocycles. The first-order valence-corrected chi connectivity index (χ1v) is 12.2. The molecule has 1 aliphatic heterocycles. The van der Waals surface area contributed by atoms with Crippen LogP contribution in [0, 0.1) is 6.92 Å². The molecule has 0 amide bonds. The summed E-state index contributed by atoms with van der Waals surface area (Å²) in [5.74, 6) is 0.971. The lowest BCUT2D eigenvalue weighted by Crippen LogP contribution is -2.25. The molecule has 8 nitrogen and oxygen atoms in total. The van der Waals surface area contributed by atoms with E-state index in [1.165, 1.54) is 28.0 Å². The van der Waals surface area contributed by atoms with E-state index in [1.807, 2.05) is 18.4 Å². The van der Waals surface area contributed by atoms with E-state index in [1.54, 1.807) is 15.9 Å².